The molecule has 1 aromatic heterocycles. The molecule has 6 nitrogen and oxygen atoms in total. The summed E-state index contributed by atoms with van der Waals surface area (Å²) in [5.74, 6) is -3.10. The Labute approximate surface area is 139 Å². The second-order valence-corrected chi connectivity index (χ2v) is 6.22. The maximum atomic E-state index is 13.9. The lowest BCUT2D eigenvalue weighted by atomic mass is 10.1. The number of alkyl halides is 3. The molecule has 25 heavy (non-hydrogen) atoms. The van der Waals surface area contributed by atoms with Crippen LogP contribution in [0.5, 0.6) is 0 Å². The van der Waals surface area contributed by atoms with Crippen molar-refractivity contribution in [2.24, 2.45) is 0 Å². The van der Waals surface area contributed by atoms with Crippen LogP contribution in [-0.4, -0.2) is 41.4 Å². The number of thioether (sulfide) groups is 1. The van der Waals surface area contributed by atoms with Crippen molar-refractivity contribution < 1.29 is 40.8 Å². The summed E-state index contributed by atoms with van der Waals surface area (Å²) in [4.78, 5) is 23.7. The zero-order chi connectivity index (χ0) is 18.4. The van der Waals surface area contributed by atoms with Crippen molar-refractivity contribution in [3.8, 4) is 0 Å². The number of hydrogen-bond acceptors (Lipinski definition) is 6. The normalized spacial score (nSPS) is 18.4. The molecular weight excluding hydrogens is 375 g/mol. The van der Waals surface area contributed by atoms with E-state index in [0.29, 0.717) is 11.8 Å². The molecular formula is C13H7F5N2O4S. The number of nitrogens with zero attached hydrogens (tertiary/aromatic N) is 2. The van der Waals surface area contributed by atoms with E-state index in [4.69, 9.17) is 0 Å². The molecule has 12 heteroatoms. The first kappa shape index (κ1) is 17.6. The van der Waals surface area contributed by atoms with Crippen molar-refractivity contribution in [3.63, 3.8) is 0 Å². The first-order valence-electron chi connectivity index (χ1n) is 6.62. The van der Waals surface area contributed by atoms with Crippen LogP contribution in [0.2, 0.25) is 0 Å². The maximum Gasteiger partial charge on any atom is 0.522 e. The topological polar surface area (TPSA) is 72.6 Å². The van der Waals surface area contributed by atoms with E-state index in [-0.39, 0.29) is 24.0 Å². The van der Waals surface area contributed by atoms with Gasteiger partial charge in [-0.15, -0.1) is 13.2 Å². The standard InChI is InChI=1S/C13H7F5N2O4S/c14-8-5(3-21)1-7-10(9(8)15)24-19-11(7)20-2-6(25-12(20)22)4-23-13(16,17)18/h1,3,6H,2,4H2/t6-/m1/s1. The van der Waals surface area contributed by atoms with E-state index in [2.05, 4.69) is 14.4 Å². The summed E-state index contributed by atoms with van der Waals surface area (Å²) in [5.41, 5.74) is -1.21. The molecule has 1 fully saturated rings. The minimum atomic E-state index is -4.84. The van der Waals surface area contributed by atoms with Crippen LogP contribution in [0.15, 0.2) is 10.6 Å². The number of amides is 1. The van der Waals surface area contributed by atoms with Gasteiger partial charge in [-0.1, -0.05) is 16.9 Å². The first-order chi connectivity index (χ1) is 11.7. The van der Waals surface area contributed by atoms with Crippen molar-refractivity contribution in [1.82, 2.24) is 5.16 Å². The number of ether oxygens (including phenoxy) is 1. The number of hydrogen-bond donors (Lipinski definition) is 0. The average molecular weight is 382 g/mol. The maximum absolute atomic E-state index is 13.9. The Hall–Kier alpha value is -2.21. The van der Waals surface area contributed by atoms with E-state index in [1.807, 2.05) is 0 Å². The highest BCUT2D eigenvalue weighted by atomic mass is 32.2. The van der Waals surface area contributed by atoms with E-state index in [0.717, 1.165) is 11.0 Å². The number of halogens is 5. The van der Waals surface area contributed by atoms with Gasteiger partial charge in [0.05, 0.1) is 22.8 Å². The van der Waals surface area contributed by atoms with E-state index in [9.17, 15) is 31.5 Å². The second kappa shape index (κ2) is 6.26. The monoisotopic (exact) mass is 382 g/mol. The molecule has 1 atom stereocenters. The summed E-state index contributed by atoms with van der Waals surface area (Å²) in [7, 11) is 0. The largest absolute Gasteiger partial charge is 0.522 e. The fourth-order valence-corrected chi connectivity index (χ4v) is 3.20. The van der Waals surface area contributed by atoms with Crippen LogP contribution in [0.1, 0.15) is 10.4 Å². The number of aldehydes is 1. The number of fused-ring (bicyclic) bond motifs is 1. The highest BCUT2D eigenvalue weighted by Gasteiger charge is 2.38. The molecule has 1 aliphatic rings. The highest BCUT2D eigenvalue weighted by Crippen LogP contribution is 2.36. The van der Waals surface area contributed by atoms with E-state index in [1.165, 1.54) is 0 Å². The zero-order valence-corrected chi connectivity index (χ0v) is 12.8. The third kappa shape index (κ3) is 3.31. The van der Waals surface area contributed by atoms with Crippen molar-refractivity contribution in [2.75, 3.05) is 18.1 Å². The van der Waals surface area contributed by atoms with Gasteiger partial charge < -0.3 is 4.52 Å². The summed E-state index contributed by atoms with van der Waals surface area (Å²) in [6, 6.07) is 0.948. The van der Waals surface area contributed by atoms with Crippen molar-refractivity contribution in [1.29, 1.82) is 0 Å². The van der Waals surface area contributed by atoms with Crippen LogP contribution in [0, 0.1) is 11.6 Å². The Bertz CT molecular complexity index is 853. The fourth-order valence-electron chi connectivity index (χ4n) is 2.27. The minimum Gasteiger partial charge on any atom is -0.351 e. The fraction of sp³-hybridized carbons (Fsp3) is 0.308. The summed E-state index contributed by atoms with van der Waals surface area (Å²) < 4.78 is 72.0. The molecule has 0 aliphatic carbocycles. The van der Waals surface area contributed by atoms with Gasteiger partial charge in [-0.3, -0.25) is 19.2 Å². The predicted molar refractivity (Wildman–Crippen MR) is 75.4 cm³/mol. The zero-order valence-electron chi connectivity index (χ0n) is 12.0. The van der Waals surface area contributed by atoms with Crippen molar-refractivity contribution in [3.05, 3.63) is 23.3 Å². The number of carbonyl (C=O) groups is 2. The Kier molecular flexibility index (Phi) is 4.41. The summed E-state index contributed by atoms with van der Waals surface area (Å²) in [5, 5.41) is 1.82. The molecule has 1 aliphatic heterocycles. The van der Waals surface area contributed by atoms with Crippen LogP contribution in [0.3, 0.4) is 0 Å². The molecule has 1 saturated heterocycles. The molecule has 1 aromatic carbocycles. The molecule has 0 radical (unpaired) electrons. The minimum absolute atomic E-state index is 0.0785. The summed E-state index contributed by atoms with van der Waals surface area (Å²) >= 11 is 0.581. The Balaban J connectivity index is 1.91. The molecule has 0 bridgehead atoms. The number of anilines is 1. The highest BCUT2D eigenvalue weighted by molar-refractivity contribution is 8.14. The van der Waals surface area contributed by atoms with E-state index in [1.54, 1.807) is 0 Å². The van der Waals surface area contributed by atoms with Gasteiger partial charge in [0.1, 0.15) is 0 Å². The molecule has 1 amide bonds. The third-order valence-electron chi connectivity index (χ3n) is 3.34. The lowest BCUT2D eigenvalue weighted by molar-refractivity contribution is -0.323. The molecule has 0 N–H and O–H groups in total. The van der Waals surface area contributed by atoms with Crippen LogP contribution < -0.4 is 4.90 Å². The van der Waals surface area contributed by atoms with Crippen LogP contribution in [0.4, 0.5) is 32.6 Å². The Morgan fingerprint density at radius 2 is 2.12 bits per heavy atom. The van der Waals surface area contributed by atoms with E-state index >= 15 is 0 Å². The Morgan fingerprint density at radius 1 is 1.40 bits per heavy atom. The number of rotatable bonds is 4. The van der Waals surface area contributed by atoms with Gasteiger partial charge >= 0.3 is 6.36 Å². The lowest BCUT2D eigenvalue weighted by Gasteiger charge is -2.13. The SMILES string of the molecule is O=Cc1cc2c(N3C[C@H](COC(F)(F)F)SC3=O)noc2c(F)c1F. The van der Waals surface area contributed by atoms with Gasteiger partial charge in [0.2, 0.25) is 11.4 Å². The molecule has 0 saturated carbocycles. The predicted octanol–water partition coefficient (Wildman–Crippen LogP) is 3.50. The molecule has 0 spiro atoms. The Morgan fingerprint density at radius 3 is 2.76 bits per heavy atom. The molecule has 134 valence electrons. The van der Waals surface area contributed by atoms with Crippen LogP contribution in [-0.2, 0) is 4.74 Å². The molecule has 2 aromatic rings. The molecule has 3 rings (SSSR count). The quantitative estimate of drug-likeness (QED) is 0.595. The molecule has 2 heterocycles. The summed E-state index contributed by atoms with van der Waals surface area (Å²) in [6.07, 6.45) is -4.76. The van der Waals surface area contributed by atoms with Gasteiger partial charge in [-0.2, -0.15) is 4.39 Å². The third-order valence-corrected chi connectivity index (χ3v) is 4.38. The number of aromatic nitrogens is 1. The van der Waals surface area contributed by atoms with Crippen LogP contribution >= 0.6 is 11.8 Å². The van der Waals surface area contributed by atoms with Crippen LogP contribution in [0.25, 0.3) is 11.0 Å². The van der Waals surface area contributed by atoms with E-state index < -0.39 is 46.2 Å². The number of benzene rings is 1. The van der Waals surface area contributed by atoms with Gasteiger partial charge in [-0.25, -0.2) is 4.39 Å². The smallest absolute Gasteiger partial charge is 0.351 e. The second-order valence-electron chi connectivity index (χ2n) is 4.97. The molecule has 0 unspecified atom stereocenters. The number of carbonyl (C=O) groups excluding carboxylic acids is 2. The van der Waals surface area contributed by atoms with Gasteiger partial charge in [0.25, 0.3) is 5.24 Å². The lowest BCUT2D eigenvalue weighted by Crippen LogP contribution is -2.28. The van der Waals surface area contributed by atoms with Gasteiger partial charge in [0, 0.05) is 6.54 Å². The van der Waals surface area contributed by atoms with Crippen molar-refractivity contribution >= 4 is 40.1 Å². The first-order valence-corrected chi connectivity index (χ1v) is 7.50. The van der Waals surface area contributed by atoms with Gasteiger partial charge in [-0.05, 0) is 6.07 Å². The van der Waals surface area contributed by atoms with Crippen molar-refractivity contribution in [2.45, 2.75) is 11.6 Å². The summed E-state index contributed by atoms with van der Waals surface area (Å²) in [6.45, 7) is -0.981. The average Bonchev–Trinajstić information content (AvgIpc) is 3.11. The van der Waals surface area contributed by atoms with Gasteiger partial charge in [0.15, 0.2) is 17.9 Å².